The summed E-state index contributed by atoms with van der Waals surface area (Å²) >= 11 is 0. The Kier molecular flexibility index (Phi) is 6.81. The fourth-order valence-corrected chi connectivity index (χ4v) is 4.43. The highest BCUT2D eigenvalue weighted by atomic mass is 16.6. The van der Waals surface area contributed by atoms with Crippen molar-refractivity contribution in [2.45, 2.75) is 43.5 Å². The molecule has 1 saturated heterocycles. The standard InChI is InChI=1S/C23H26N8O7/c24-20-17-21(28-8-27-20)31(9-29-17)23-19(36)18(35)14(38-23)7-25-15(33)4-10(32)5-16(34)30-13-3-1-2-11-12(13)6-26-22(11)37/h1-3,6,8-10,14,18-19,23,26,32,35-37H,4-5,7H2,(H,25,33)(H,30,34)(H2,24,27,28). The molecule has 38 heavy (non-hydrogen) atoms. The van der Waals surface area contributed by atoms with Gasteiger partial charge in [-0.3, -0.25) is 14.2 Å². The number of H-pyrrole nitrogens is 1. The average Bonchev–Trinajstić information content (AvgIpc) is 3.55. The van der Waals surface area contributed by atoms with Crippen LogP contribution in [0.3, 0.4) is 0 Å². The Balaban J connectivity index is 1.12. The fourth-order valence-electron chi connectivity index (χ4n) is 4.43. The zero-order chi connectivity index (χ0) is 27.0. The maximum absolute atomic E-state index is 12.4. The lowest BCUT2D eigenvalue weighted by atomic mass is 10.1. The lowest BCUT2D eigenvalue weighted by Gasteiger charge is -2.17. The molecule has 15 heteroatoms. The van der Waals surface area contributed by atoms with Gasteiger partial charge in [-0.1, -0.05) is 6.07 Å². The number of nitrogen functional groups attached to an aromatic ring is 1. The van der Waals surface area contributed by atoms with Crippen LogP contribution in [0.4, 0.5) is 11.5 Å². The summed E-state index contributed by atoms with van der Waals surface area (Å²) in [7, 11) is 0. The fraction of sp³-hybridized carbons (Fsp3) is 0.348. The number of benzene rings is 1. The molecule has 15 nitrogen and oxygen atoms in total. The number of anilines is 2. The van der Waals surface area contributed by atoms with Gasteiger partial charge < -0.3 is 46.5 Å². The van der Waals surface area contributed by atoms with Crippen LogP contribution in [0.15, 0.2) is 37.1 Å². The first-order valence-electron chi connectivity index (χ1n) is 11.7. The summed E-state index contributed by atoms with van der Waals surface area (Å²) in [5, 5.41) is 47.3. The lowest BCUT2D eigenvalue weighted by Crippen LogP contribution is -2.40. The van der Waals surface area contributed by atoms with E-state index in [-0.39, 0.29) is 31.1 Å². The number of fused-ring (bicyclic) bond motifs is 2. The van der Waals surface area contributed by atoms with E-state index in [9.17, 15) is 30.0 Å². The number of aromatic hydroxyl groups is 1. The van der Waals surface area contributed by atoms with Crippen LogP contribution in [0.1, 0.15) is 19.1 Å². The van der Waals surface area contributed by atoms with Crippen molar-refractivity contribution in [2.75, 3.05) is 17.6 Å². The second-order valence-corrected chi connectivity index (χ2v) is 8.95. The number of aliphatic hydroxyl groups is 3. The van der Waals surface area contributed by atoms with E-state index in [0.29, 0.717) is 27.6 Å². The number of nitrogens with one attached hydrogen (secondary N) is 3. The van der Waals surface area contributed by atoms with Gasteiger partial charge in [0.25, 0.3) is 0 Å². The molecule has 5 unspecified atom stereocenters. The number of ether oxygens (including phenoxy) is 1. The van der Waals surface area contributed by atoms with Gasteiger partial charge in [-0.25, -0.2) is 15.0 Å². The van der Waals surface area contributed by atoms with Crippen LogP contribution >= 0.6 is 0 Å². The number of hydrogen-bond acceptors (Lipinski definition) is 11. The van der Waals surface area contributed by atoms with E-state index in [1.54, 1.807) is 24.4 Å². The summed E-state index contributed by atoms with van der Waals surface area (Å²) < 4.78 is 7.18. The molecular formula is C23H26N8O7. The van der Waals surface area contributed by atoms with E-state index in [4.69, 9.17) is 10.5 Å². The Morgan fingerprint density at radius 2 is 1.92 bits per heavy atom. The molecule has 0 bridgehead atoms. The lowest BCUT2D eigenvalue weighted by molar-refractivity contribution is -0.125. The highest BCUT2D eigenvalue weighted by molar-refractivity contribution is 6.03. The molecule has 4 aromatic rings. The Hall–Kier alpha value is -4.31. The van der Waals surface area contributed by atoms with Crippen molar-refractivity contribution in [1.29, 1.82) is 0 Å². The molecule has 3 aromatic heterocycles. The highest BCUT2D eigenvalue weighted by Gasteiger charge is 2.44. The maximum Gasteiger partial charge on any atom is 0.227 e. The van der Waals surface area contributed by atoms with Gasteiger partial charge in [0.15, 0.2) is 23.6 Å². The highest BCUT2D eigenvalue weighted by Crippen LogP contribution is 2.32. The molecule has 0 aliphatic carbocycles. The van der Waals surface area contributed by atoms with Crippen molar-refractivity contribution < 1.29 is 34.8 Å². The zero-order valence-corrected chi connectivity index (χ0v) is 19.9. The van der Waals surface area contributed by atoms with E-state index in [2.05, 4.69) is 30.6 Å². The summed E-state index contributed by atoms with van der Waals surface area (Å²) in [5.74, 6) is -0.972. The first-order valence-corrected chi connectivity index (χ1v) is 11.7. The van der Waals surface area contributed by atoms with Crippen molar-refractivity contribution in [3.05, 3.63) is 37.1 Å². The maximum atomic E-state index is 12.4. The van der Waals surface area contributed by atoms with Crippen molar-refractivity contribution in [3.63, 3.8) is 0 Å². The van der Waals surface area contributed by atoms with Gasteiger partial charge in [0, 0.05) is 23.5 Å². The summed E-state index contributed by atoms with van der Waals surface area (Å²) in [4.78, 5) is 39.5. The van der Waals surface area contributed by atoms with E-state index < -0.39 is 42.5 Å². The topological polar surface area (TPSA) is 234 Å². The van der Waals surface area contributed by atoms with E-state index in [1.807, 2.05) is 0 Å². The van der Waals surface area contributed by atoms with Crippen LogP contribution in [0.5, 0.6) is 5.88 Å². The number of rotatable bonds is 8. The van der Waals surface area contributed by atoms with Gasteiger partial charge in [0.05, 0.1) is 31.0 Å². The molecule has 5 atom stereocenters. The summed E-state index contributed by atoms with van der Waals surface area (Å²) in [5.41, 5.74) is 6.86. The average molecular weight is 527 g/mol. The summed E-state index contributed by atoms with van der Waals surface area (Å²) in [6.07, 6.45) is -2.52. The number of aromatic amines is 1. The quantitative estimate of drug-likeness (QED) is 0.140. The molecule has 1 aromatic carbocycles. The number of nitrogens with two attached hydrogens (primary N) is 1. The number of nitrogens with zero attached hydrogens (tertiary/aromatic N) is 4. The number of imidazole rings is 1. The van der Waals surface area contributed by atoms with Gasteiger partial charge in [-0.15, -0.1) is 0 Å². The molecule has 2 amide bonds. The Bertz CT molecular complexity index is 1490. The molecule has 5 rings (SSSR count). The van der Waals surface area contributed by atoms with E-state index >= 15 is 0 Å². The number of aromatic nitrogens is 5. The number of amides is 2. The van der Waals surface area contributed by atoms with Crippen LogP contribution in [-0.2, 0) is 14.3 Å². The second-order valence-electron chi connectivity index (χ2n) is 8.95. The molecule has 0 spiro atoms. The Morgan fingerprint density at radius 3 is 2.74 bits per heavy atom. The molecule has 1 aliphatic rings. The zero-order valence-electron chi connectivity index (χ0n) is 19.9. The molecule has 0 radical (unpaired) electrons. The minimum atomic E-state index is -1.34. The van der Waals surface area contributed by atoms with Crippen molar-refractivity contribution in [2.24, 2.45) is 0 Å². The molecular weight excluding hydrogens is 500 g/mol. The van der Waals surface area contributed by atoms with Crippen LogP contribution in [0.25, 0.3) is 21.9 Å². The normalized spacial score (nSPS) is 22.1. The van der Waals surface area contributed by atoms with Crippen LogP contribution in [-0.4, -0.2) is 87.7 Å². The molecule has 1 aliphatic heterocycles. The third kappa shape index (κ3) is 4.82. The second kappa shape index (κ2) is 10.2. The number of carbonyl (C=O) groups excluding carboxylic acids is 2. The third-order valence-electron chi connectivity index (χ3n) is 6.33. The van der Waals surface area contributed by atoms with Crippen LogP contribution in [0.2, 0.25) is 0 Å². The largest absolute Gasteiger partial charge is 0.494 e. The minimum absolute atomic E-state index is 0.0277. The minimum Gasteiger partial charge on any atom is -0.494 e. The predicted octanol–water partition coefficient (Wildman–Crippen LogP) is -0.889. The van der Waals surface area contributed by atoms with Crippen molar-refractivity contribution in [1.82, 2.24) is 29.8 Å². The van der Waals surface area contributed by atoms with Gasteiger partial charge in [-0.05, 0) is 12.1 Å². The molecule has 1 fully saturated rings. The SMILES string of the molecule is Nc1ncnc2c1ncn2C1OC(CNC(=O)CC(O)CC(=O)Nc2cccc3c(O)[nH]cc23)C(O)C1O. The summed E-state index contributed by atoms with van der Waals surface area (Å²) in [6.45, 7) is -0.158. The van der Waals surface area contributed by atoms with Gasteiger partial charge in [0.2, 0.25) is 11.8 Å². The molecule has 9 N–H and O–H groups in total. The van der Waals surface area contributed by atoms with Gasteiger partial charge in [0.1, 0.15) is 30.2 Å². The van der Waals surface area contributed by atoms with E-state index in [1.165, 1.54) is 17.2 Å². The smallest absolute Gasteiger partial charge is 0.227 e. The first kappa shape index (κ1) is 25.3. The Morgan fingerprint density at radius 1 is 1.13 bits per heavy atom. The van der Waals surface area contributed by atoms with Gasteiger partial charge >= 0.3 is 0 Å². The molecule has 4 heterocycles. The number of carbonyl (C=O) groups is 2. The predicted molar refractivity (Wildman–Crippen MR) is 133 cm³/mol. The van der Waals surface area contributed by atoms with Gasteiger partial charge in [-0.2, -0.15) is 0 Å². The number of hydrogen-bond donors (Lipinski definition) is 8. The molecule has 0 saturated carbocycles. The number of aliphatic hydroxyl groups excluding tert-OH is 3. The first-order chi connectivity index (χ1) is 18.2. The Labute approximate surface area is 214 Å². The monoisotopic (exact) mass is 526 g/mol. The summed E-state index contributed by atoms with van der Waals surface area (Å²) in [6, 6.07) is 4.99. The van der Waals surface area contributed by atoms with Crippen LogP contribution < -0.4 is 16.4 Å². The third-order valence-corrected chi connectivity index (χ3v) is 6.33. The molecule has 200 valence electrons. The van der Waals surface area contributed by atoms with Crippen LogP contribution in [0, 0.1) is 0 Å². The van der Waals surface area contributed by atoms with Crippen molar-refractivity contribution >= 4 is 45.3 Å². The van der Waals surface area contributed by atoms with Crippen molar-refractivity contribution in [3.8, 4) is 5.88 Å². The van der Waals surface area contributed by atoms with E-state index in [0.717, 1.165) is 0 Å².